The van der Waals surface area contributed by atoms with Crippen LogP contribution >= 0.6 is 15.9 Å². The zero-order chi connectivity index (χ0) is 10.4. The second kappa shape index (κ2) is 3.00. The third-order valence-corrected chi connectivity index (χ3v) is 3.32. The summed E-state index contributed by atoms with van der Waals surface area (Å²) >= 11 is 3.12. The van der Waals surface area contributed by atoms with Crippen molar-refractivity contribution in [2.24, 2.45) is 5.73 Å². The molecule has 0 saturated heterocycles. The third kappa shape index (κ3) is 1.37. The fourth-order valence-electron chi connectivity index (χ4n) is 1.43. The van der Waals surface area contributed by atoms with Gasteiger partial charge < -0.3 is 5.73 Å². The molecule has 0 amide bonds. The molecular weight excluding hydrogens is 252 g/mol. The van der Waals surface area contributed by atoms with Gasteiger partial charge in [-0.1, -0.05) is 34.1 Å². The molecular formula is C10H10BrF2N. The van der Waals surface area contributed by atoms with Gasteiger partial charge in [0.1, 0.15) is 0 Å². The number of hydrogen-bond donors (Lipinski definition) is 1. The fraction of sp³-hybridized carbons (Fsp3) is 0.400. The standard InChI is InChI=1S/C10H10BrF2N/c11-8-4-2-1-3-7(8)10(12,13)9(14)5-6-9/h1-4H,5-6,14H2. The van der Waals surface area contributed by atoms with Gasteiger partial charge in [0.15, 0.2) is 0 Å². The first kappa shape index (κ1) is 10.1. The zero-order valence-corrected chi connectivity index (χ0v) is 9.02. The normalized spacial score (nSPS) is 19.4. The predicted molar refractivity (Wildman–Crippen MR) is 54.2 cm³/mol. The van der Waals surface area contributed by atoms with Crippen LogP contribution in [0.5, 0.6) is 0 Å². The van der Waals surface area contributed by atoms with Crippen LogP contribution in [0.4, 0.5) is 8.78 Å². The van der Waals surface area contributed by atoms with Gasteiger partial charge >= 0.3 is 0 Å². The number of hydrogen-bond acceptors (Lipinski definition) is 1. The van der Waals surface area contributed by atoms with Gasteiger partial charge in [0.25, 0.3) is 5.92 Å². The molecule has 1 aliphatic carbocycles. The summed E-state index contributed by atoms with van der Waals surface area (Å²) < 4.78 is 28.1. The summed E-state index contributed by atoms with van der Waals surface area (Å²) in [7, 11) is 0. The average molecular weight is 262 g/mol. The van der Waals surface area contributed by atoms with Crippen molar-refractivity contribution in [2.75, 3.05) is 0 Å². The Morgan fingerprint density at radius 2 is 1.86 bits per heavy atom. The smallest absolute Gasteiger partial charge is 0.291 e. The van der Waals surface area contributed by atoms with Crippen molar-refractivity contribution in [2.45, 2.75) is 24.3 Å². The summed E-state index contributed by atoms with van der Waals surface area (Å²) in [6, 6.07) is 6.32. The van der Waals surface area contributed by atoms with E-state index in [1.165, 1.54) is 6.07 Å². The largest absolute Gasteiger partial charge is 0.320 e. The maximum Gasteiger partial charge on any atom is 0.291 e. The van der Waals surface area contributed by atoms with Crippen LogP contribution < -0.4 is 5.73 Å². The Labute approximate surface area is 89.4 Å². The molecule has 1 aromatic rings. The van der Waals surface area contributed by atoms with E-state index in [-0.39, 0.29) is 5.56 Å². The van der Waals surface area contributed by atoms with E-state index in [0.717, 1.165) is 0 Å². The molecule has 2 rings (SSSR count). The summed E-state index contributed by atoms with van der Waals surface area (Å²) in [5.74, 6) is -2.94. The van der Waals surface area contributed by atoms with E-state index in [1.54, 1.807) is 18.2 Å². The van der Waals surface area contributed by atoms with Crippen LogP contribution in [0, 0.1) is 0 Å². The van der Waals surface area contributed by atoms with Crippen molar-refractivity contribution in [1.29, 1.82) is 0 Å². The number of nitrogens with two attached hydrogens (primary N) is 1. The molecule has 76 valence electrons. The second-order valence-electron chi connectivity index (χ2n) is 3.71. The van der Waals surface area contributed by atoms with Crippen molar-refractivity contribution < 1.29 is 8.78 Å². The first-order chi connectivity index (χ1) is 6.47. The van der Waals surface area contributed by atoms with Crippen molar-refractivity contribution in [3.8, 4) is 0 Å². The van der Waals surface area contributed by atoms with Crippen molar-refractivity contribution in [3.05, 3.63) is 34.3 Å². The molecule has 0 aromatic heterocycles. The highest BCUT2D eigenvalue weighted by molar-refractivity contribution is 9.10. The van der Waals surface area contributed by atoms with Crippen LogP contribution in [-0.4, -0.2) is 5.54 Å². The maximum atomic E-state index is 13.8. The Balaban J connectivity index is 2.44. The molecule has 0 atom stereocenters. The summed E-state index contributed by atoms with van der Waals surface area (Å²) in [5.41, 5.74) is 4.22. The lowest BCUT2D eigenvalue weighted by atomic mass is 10.00. The second-order valence-corrected chi connectivity index (χ2v) is 4.56. The van der Waals surface area contributed by atoms with E-state index < -0.39 is 11.5 Å². The molecule has 1 aromatic carbocycles. The molecule has 0 radical (unpaired) electrons. The molecule has 1 saturated carbocycles. The molecule has 4 heteroatoms. The summed E-state index contributed by atoms with van der Waals surface area (Å²) in [6.45, 7) is 0. The predicted octanol–water partition coefficient (Wildman–Crippen LogP) is 3.03. The first-order valence-electron chi connectivity index (χ1n) is 4.39. The lowest BCUT2D eigenvalue weighted by Gasteiger charge is -2.24. The Bertz CT molecular complexity index is 361. The van der Waals surface area contributed by atoms with Gasteiger partial charge in [-0.2, -0.15) is 8.78 Å². The SMILES string of the molecule is NC1(C(F)(F)c2ccccc2Br)CC1. The Kier molecular flexibility index (Phi) is 2.16. The topological polar surface area (TPSA) is 26.0 Å². The number of rotatable bonds is 2. The lowest BCUT2D eigenvalue weighted by Crippen LogP contribution is -2.41. The highest BCUT2D eigenvalue weighted by atomic mass is 79.9. The summed E-state index contributed by atoms with van der Waals surface area (Å²) in [5, 5.41) is 0. The van der Waals surface area contributed by atoms with Crippen molar-refractivity contribution in [1.82, 2.24) is 0 Å². The van der Waals surface area contributed by atoms with E-state index in [9.17, 15) is 8.78 Å². The van der Waals surface area contributed by atoms with Gasteiger partial charge in [-0.15, -0.1) is 0 Å². The quantitative estimate of drug-likeness (QED) is 0.871. The average Bonchev–Trinajstić information content (AvgIpc) is 2.86. The highest BCUT2D eigenvalue weighted by Crippen LogP contribution is 2.52. The summed E-state index contributed by atoms with van der Waals surface area (Å²) in [6.07, 6.45) is 0.780. The molecule has 0 unspecified atom stereocenters. The van der Waals surface area contributed by atoms with E-state index in [1.807, 2.05) is 0 Å². The van der Waals surface area contributed by atoms with Crippen LogP contribution in [0.25, 0.3) is 0 Å². The Morgan fingerprint density at radius 1 is 1.29 bits per heavy atom. The van der Waals surface area contributed by atoms with Crippen LogP contribution in [0.1, 0.15) is 18.4 Å². The fourth-order valence-corrected chi connectivity index (χ4v) is 1.97. The Hall–Kier alpha value is -0.480. The molecule has 1 fully saturated rings. The number of halogens is 3. The Morgan fingerprint density at radius 3 is 2.36 bits per heavy atom. The number of benzene rings is 1. The van der Waals surface area contributed by atoms with Gasteiger partial charge in [-0.05, 0) is 18.9 Å². The monoisotopic (exact) mass is 261 g/mol. The molecule has 0 aliphatic heterocycles. The van der Waals surface area contributed by atoms with Gasteiger partial charge in [0, 0.05) is 10.0 Å². The first-order valence-corrected chi connectivity index (χ1v) is 5.18. The van der Waals surface area contributed by atoms with E-state index >= 15 is 0 Å². The van der Waals surface area contributed by atoms with Crippen LogP contribution in [0.3, 0.4) is 0 Å². The minimum absolute atomic E-state index is 0.0139. The molecule has 2 N–H and O–H groups in total. The van der Waals surface area contributed by atoms with Gasteiger partial charge in [0.2, 0.25) is 0 Å². The zero-order valence-electron chi connectivity index (χ0n) is 7.43. The minimum atomic E-state index is -2.94. The highest BCUT2D eigenvalue weighted by Gasteiger charge is 2.60. The molecule has 14 heavy (non-hydrogen) atoms. The molecule has 0 spiro atoms. The van der Waals surface area contributed by atoms with Crippen LogP contribution in [0.15, 0.2) is 28.7 Å². The van der Waals surface area contributed by atoms with Crippen LogP contribution in [0.2, 0.25) is 0 Å². The minimum Gasteiger partial charge on any atom is -0.320 e. The van der Waals surface area contributed by atoms with E-state index in [4.69, 9.17) is 5.73 Å². The van der Waals surface area contributed by atoms with Gasteiger partial charge in [-0.3, -0.25) is 0 Å². The van der Waals surface area contributed by atoms with Crippen molar-refractivity contribution in [3.63, 3.8) is 0 Å². The molecule has 0 bridgehead atoms. The van der Waals surface area contributed by atoms with E-state index in [0.29, 0.717) is 17.3 Å². The van der Waals surface area contributed by atoms with E-state index in [2.05, 4.69) is 15.9 Å². The van der Waals surface area contributed by atoms with Gasteiger partial charge in [0.05, 0.1) is 5.54 Å². The number of alkyl halides is 2. The summed E-state index contributed by atoms with van der Waals surface area (Å²) in [4.78, 5) is 0. The van der Waals surface area contributed by atoms with Crippen LogP contribution in [-0.2, 0) is 5.92 Å². The van der Waals surface area contributed by atoms with Gasteiger partial charge in [-0.25, -0.2) is 0 Å². The molecule has 1 nitrogen and oxygen atoms in total. The lowest BCUT2D eigenvalue weighted by molar-refractivity contribution is -0.0428. The molecule has 0 heterocycles. The van der Waals surface area contributed by atoms with Crippen molar-refractivity contribution >= 4 is 15.9 Å². The maximum absolute atomic E-state index is 13.8. The third-order valence-electron chi connectivity index (χ3n) is 2.63. The molecule has 1 aliphatic rings.